The van der Waals surface area contributed by atoms with Crippen LogP contribution in [0.3, 0.4) is 0 Å². The highest BCUT2D eigenvalue weighted by Crippen LogP contribution is 2.52. The van der Waals surface area contributed by atoms with E-state index < -0.39 is 11.6 Å². The summed E-state index contributed by atoms with van der Waals surface area (Å²) in [4.78, 5) is 0. The molecular formula is C32H41F3. The van der Waals surface area contributed by atoms with E-state index in [0.29, 0.717) is 29.0 Å². The quantitative estimate of drug-likeness (QED) is 0.280. The Morgan fingerprint density at radius 3 is 1.91 bits per heavy atom. The van der Waals surface area contributed by atoms with Gasteiger partial charge in [0.05, 0.1) is 0 Å². The van der Waals surface area contributed by atoms with Crippen molar-refractivity contribution in [3.63, 3.8) is 0 Å². The van der Waals surface area contributed by atoms with Crippen molar-refractivity contribution < 1.29 is 13.2 Å². The third-order valence-corrected chi connectivity index (χ3v) is 9.64. The highest BCUT2D eigenvalue weighted by Gasteiger charge is 2.34. The summed E-state index contributed by atoms with van der Waals surface area (Å²) < 4.78 is 43.9. The normalized spacial score (nSPS) is 25.6. The van der Waals surface area contributed by atoms with Crippen molar-refractivity contribution in [2.75, 3.05) is 0 Å². The van der Waals surface area contributed by atoms with Gasteiger partial charge >= 0.3 is 0 Å². The molecule has 2 aromatic carbocycles. The lowest BCUT2D eigenvalue weighted by atomic mass is 9.68. The molecule has 0 spiro atoms. The number of hydrogen-bond acceptors (Lipinski definition) is 0. The van der Waals surface area contributed by atoms with Crippen LogP contribution in [-0.4, -0.2) is 0 Å². The molecule has 0 unspecified atom stereocenters. The minimum atomic E-state index is -0.906. The Morgan fingerprint density at radius 2 is 1.29 bits per heavy atom. The Kier molecular flexibility index (Phi) is 7.61. The summed E-state index contributed by atoms with van der Waals surface area (Å²) in [6.07, 6.45) is 18.2. The smallest absolute Gasteiger partial charge is 0.167 e. The second kappa shape index (κ2) is 10.7. The van der Waals surface area contributed by atoms with Gasteiger partial charge in [-0.3, -0.25) is 0 Å². The SMILES string of the molecule is CCCCCC1CCC(C2CCC(CCc3ccc4c(c3F)-c3c-4cc(C)c(F)c3F)CC2)CC1. The molecule has 0 N–H and O–H groups in total. The zero-order valence-corrected chi connectivity index (χ0v) is 21.6. The summed E-state index contributed by atoms with van der Waals surface area (Å²) in [5.74, 6) is 1.36. The van der Waals surface area contributed by atoms with Gasteiger partial charge in [-0.2, -0.15) is 0 Å². The van der Waals surface area contributed by atoms with Crippen LogP contribution in [0.15, 0.2) is 18.2 Å². The Bertz CT molecular complexity index is 1040. The largest absolute Gasteiger partial charge is 0.206 e. The van der Waals surface area contributed by atoms with Gasteiger partial charge in [0.15, 0.2) is 11.6 Å². The molecule has 5 rings (SSSR count). The third kappa shape index (κ3) is 4.94. The van der Waals surface area contributed by atoms with E-state index in [9.17, 15) is 8.78 Å². The van der Waals surface area contributed by atoms with Crippen molar-refractivity contribution in [2.45, 2.75) is 104 Å². The number of hydrogen-bond donors (Lipinski definition) is 0. The summed E-state index contributed by atoms with van der Waals surface area (Å²) in [6, 6.07) is 5.38. The monoisotopic (exact) mass is 482 g/mol. The van der Waals surface area contributed by atoms with Gasteiger partial charge in [0.2, 0.25) is 0 Å². The van der Waals surface area contributed by atoms with Gasteiger partial charge in [-0.25, -0.2) is 13.2 Å². The van der Waals surface area contributed by atoms with Crippen LogP contribution in [0.2, 0.25) is 0 Å². The zero-order valence-electron chi connectivity index (χ0n) is 21.6. The summed E-state index contributed by atoms with van der Waals surface area (Å²) in [6.45, 7) is 3.84. The van der Waals surface area contributed by atoms with Crippen LogP contribution in [0.1, 0.15) is 102 Å². The fourth-order valence-corrected chi connectivity index (χ4v) is 7.37. The maximum Gasteiger partial charge on any atom is 0.167 e. The Balaban J connectivity index is 1.11. The van der Waals surface area contributed by atoms with Crippen LogP contribution in [0.25, 0.3) is 22.3 Å². The van der Waals surface area contributed by atoms with Crippen molar-refractivity contribution in [1.82, 2.24) is 0 Å². The van der Waals surface area contributed by atoms with Crippen LogP contribution >= 0.6 is 0 Å². The van der Waals surface area contributed by atoms with Crippen molar-refractivity contribution in [2.24, 2.45) is 23.7 Å². The molecule has 0 heterocycles. The van der Waals surface area contributed by atoms with Crippen molar-refractivity contribution in [3.8, 4) is 22.3 Å². The third-order valence-electron chi connectivity index (χ3n) is 9.64. The van der Waals surface area contributed by atoms with Crippen LogP contribution in [0.4, 0.5) is 13.2 Å². The molecule has 35 heavy (non-hydrogen) atoms. The maximum atomic E-state index is 15.3. The lowest BCUT2D eigenvalue weighted by Crippen LogP contribution is -2.26. The maximum absolute atomic E-state index is 15.3. The minimum absolute atomic E-state index is 0.128. The van der Waals surface area contributed by atoms with Crippen LogP contribution in [0, 0.1) is 48.0 Å². The first-order valence-corrected chi connectivity index (χ1v) is 14.3. The van der Waals surface area contributed by atoms with Gasteiger partial charge in [-0.15, -0.1) is 0 Å². The van der Waals surface area contributed by atoms with E-state index in [1.165, 1.54) is 77.0 Å². The fourth-order valence-electron chi connectivity index (χ4n) is 7.37. The second-order valence-corrected chi connectivity index (χ2v) is 11.8. The molecule has 0 saturated heterocycles. The number of fused-ring (bicyclic) bond motifs is 4. The van der Waals surface area contributed by atoms with Crippen LogP contribution < -0.4 is 0 Å². The average molecular weight is 483 g/mol. The number of unbranched alkanes of at least 4 members (excludes halogenated alkanes) is 2. The van der Waals surface area contributed by atoms with E-state index in [-0.39, 0.29) is 22.5 Å². The highest BCUT2D eigenvalue weighted by molar-refractivity contribution is 6.03. The van der Waals surface area contributed by atoms with Crippen molar-refractivity contribution in [3.05, 3.63) is 46.8 Å². The van der Waals surface area contributed by atoms with E-state index in [1.807, 2.05) is 12.1 Å². The summed E-state index contributed by atoms with van der Waals surface area (Å²) in [5, 5.41) is 0. The molecule has 0 radical (unpaired) electrons. The first kappa shape index (κ1) is 24.9. The molecule has 0 aliphatic heterocycles. The number of benzene rings is 2. The Hall–Kier alpha value is -1.77. The van der Waals surface area contributed by atoms with E-state index >= 15 is 4.39 Å². The molecule has 3 heteroatoms. The molecule has 3 aliphatic rings. The van der Waals surface area contributed by atoms with Crippen LogP contribution in [0.5, 0.6) is 0 Å². The van der Waals surface area contributed by atoms with E-state index in [2.05, 4.69) is 6.92 Å². The molecule has 0 bridgehead atoms. The van der Waals surface area contributed by atoms with Gasteiger partial charge in [-0.05, 0) is 97.4 Å². The predicted molar refractivity (Wildman–Crippen MR) is 139 cm³/mol. The zero-order chi connectivity index (χ0) is 24.5. The molecule has 0 amide bonds. The van der Waals surface area contributed by atoms with Gasteiger partial charge in [0.25, 0.3) is 0 Å². The van der Waals surface area contributed by atoms with Crippen molar-refractivity contribution >= 4 is 0 Å². The fraction of sp³-hybridized carbons (Fsp3) is 0.625. The topological polar surface area (TPSA) is 0 Å². The molecule has 0 nitrogen and oxygen atoms in total. The first-order valence-electron chi connectivity index (χ1n) is 14.3. The van der Waals surface area contributed by atoms with E-state index in [1.54, 1.807) is 13.0 Å². The minimum Gasteiger partial charge on any atom is -0.206 e. The average Bonchev–Trinajstić information content (AvgIpc) is 2.87. The van der Waals surface area contributed by atoms with Gasteiger partial charge in [-0.1, -0.05) is 70.4 Å². The molecule has 190 valence electrons. The summed E-state index contributed by atoms with van der Waals surface area (Å²) in [5.41, 5.74) is 2.68. The molecule has 0 atom stereocenters. The molecular weight excluding hydrogens is 441 g/mol. The van der Waals surface area contributed by atoms with Crippen molar-refractivity contribution in [1.29, 1.82) is 0 Å². The molecule has 2 fully saturated rings. The molecule has 3 aliphatic carbocycles. The molecule has 2 saturated carbocycles. The van der Waals surface area contributed by atoms with Gasteiger partial charge < -0.3 is 0 Å². The lowest BCUT2D eigenvalue weighted by Gasteiger charge is -2.38. The Labute approximate surface area is 209 Å². The summed E-state index contributed by atoms with van der Waals surface area (Å²) in [7, 11) is 0. The van der Waals surface area contributed by atoms with Gasteiger partial charge in [0.1, 0.15) is 5.82 Å². The number of halogens is 3. The predicted octanol–water partition coefficient (Wildman–Crippen LogP) is 10.2. The molecule has 2 aromatic rings. The lowest BCUT2D eigenvalue weighted by molar-refractivity contribution is 0.140. The number of rotatable bonds is 8. The second-order valence-electron chi connectivity index (χ2n) is 11.8. The summed E-state index contributed by atoms with van der Waals surface area (Å²) >= 11 is 0. The molecule has 0 aromatic heterocycles. The standard InChI is InChI=1S/C32H41F3/c1-3-4-5-6-21-7-12-23(13-8-21)24-14-9-22(10-15-24)11-16-25-17-18-26-27-19-20(2)30(33)32(35)29(27)28(26)31(25)34/h17-19,21-24H,3-16H2,1-2H3. The Morgan fingerprint density at radius 1 is 0.686 bits per heavy atom. The van der Waals surface area contributed by atoms with Gasteiger partial charge in [0, 0.05) is 11.1 Å². The van der Waals surface area contributed by atoms with E-state index in [0.717, 1.165) is 24.2 Å². The van der Waals surface area contributed by atoms with Crippen LogP contribution in [-0.2, 0) is 6.42 Å². The highest BCUT2D eigenvalue weighted by atomic mass is 19.2. The first-order chi connectivity index (χ1) is 17.0. The van der Waals surface area contributed by atoms with E-state index in [4.69, 9.17) is 0 Å². The number of aryl methyl sites for hydroxylation is 2.